The lowest BCUT2D eigenvalue weighted by atomic mass is 10.2. The van der Waals surface area contributed by atoms with Gasteiger partial charge in [0.05, 0.1) is 11.3 Å². The van der Waals surface area contributed by atoms with Gasteiger partial charge in [-0.3, -0.25) is 10.1 Å². The number of imidazole rings is 1. The normalized spacial score (nSPS) is 10.4. The predicted octanol–water partition coefficient (Wildman–Crippen LogP) is 2.27. The Labute approximate surface area is 116 Å². The van der Waals surface area contributed by atoms with Crippen molar-refractivity contribution in [3.8, 4) is 0 Å². The molecule has 0 aliphatic carbocycles. The van der Waals surface area contributed by atoms with Gasteiger partial charge in [0.2, 0.25) is 0 Å². The summed E-state index contributed by atoms with van der Waals surface area (Å²) in [4.78, 5) is 14.3. The molecule has 0 saturated carbocycles. The van der Waals surface area contributed by atoms with Crippen molar-refractivity contribution in [1.29, 1.82) is 0 Å². The molecule has 2 rings (SSSR count). The fourth-order valence-electron chi connectivity index (χ4n) is 1.91. The van der Waals surface area contributed by atoms with Crippen molar-refractivity contribution in [2.75, 3.05) is 17.6 Å². The first-order valence-corrected chi connectivity index (χ1v) is 6.40. The number of hydrogen-bond acceptors (Lipinski definition) is 5. The van der Waals surface area contributed by atoms with E-state index in [-0.39, 0.29) is 5.69 Å². The van der Waals surface area contributed by atoms with Crippen LogP contribution in [0.1, 0.15) is 12.8 Å². The number of hydrogen-bond donors (Lipinski definition) is 2. The highest BCUT2D eigenvalue weighted by atomic mass is 16.6. The van der Waals surface area contributed by atoms with Crippen LogP contribution in [-0.4, -0.2) is 21.0 Å². The number of rotatable bonds is 7. The van der Waals surface area contributed by atoms with Crippen LogP contribution in [0, 0.1) is 10.1 Å². The Morgan fingerprint density at radius 3 is 2.90 bits per heavy atom. The molecule has 0 atom stereocenters. The summed E-state index contributed by atoms with van der Waals surface area (Å²) < 4.78 is 2.02. The molecule has 7 heteroatoms. The molecular formula is C13H17N5O2. The van der Waals surface area contributed by atoms with Crippen molar-refractivity contribution in [3.63, 3.8) is 0 Å². The van der Waals surface area contributed by atoms with Crippen LogP contribution in [0.5, 0.6) is 0 Å². The highest BCUT2D eigenvalue weighted by molar-refractivity contribution is 5.61. The number of anilines is 2. The monoisotopic (exact) mass is 275 g/mol. The molecule has 106 valence electrons. The number of aryl methyl sites for hydroxylation is 1. The summed E-state index contributed by atoms with van der Waals surface area (Å²) in [6, 6.07) is 4.54. The number of nitrogens with two attached hydrogens (primary N) is 1. The molecule has 3 N–H and O–H groups in total. The number of aromatic nitrogens is 2. The minimum atomic E-state index is -0.444. The summed E-state index contributed by atoms with van der Waals surface area (Å²) in [6.07, 6.45) is 7.43. The zero-order chi connectivity index (χ0) is 14.4. The van der Waals surface area contributed by atoms with Crippen LogP contribution in [0.4, 0.5) is 17.1 Å². The molecule has 2 aromatic rings. The zero-order valence-electron chi connectivity index (χ0n) is 11.0. The summed E-state index contributed by atoms with van der Waals surface area (Å²) in [5.74, 6) is 0. The highest BCUT2D eigenvalue weighted by Crippen LogP contribution is 2.22. The van der Waals surface area contributed by atoms with Crippen molar-refractivity contribution < 1.29 is 4.92 Å². The number of non-ortho nitro benzene ring substituents is 1. The van der Waals surface area contributed by atoms with E-state index in [4.69, 9.17) is 5.73 Å². The molecule has 7 nitrogen and oxygen atoms in total. The third-order valence-corrected chi connectivity index (χ3v) is 2.88. The second kappa shape index (κ2) is 6.55. The smallest absolute Gasteiger partial charge is 0.273 e. The van der Waals surface area contributed by atoms with E-state index in [1.807, 2.05) is 10.8 Å². The molecule has 0 aliphatic rings. The second-order valence-electron chi connectivity index (χ2n) is 4.50. The Bertz CT molecular complexity index is 568. The number of nitrogen functional groups attached to an aromatic ring is 1. The van der Waals surface area contributed by atoms with E-state index in [0.717, 1.165) is 25.9 Å². The van der Waals surface area contributed by atoms with E-state index in [2.05, 4.69) is 10.3 Å². The molecule has 0 fully saturated rings. The maximum atomic E-state index is 10.7. The average Bonchev–Trinajstić information content (AvgIpc) is 2.91. The summed E-state index contributed by atoms with van der Waals surface area (Å²) >= 11 is 0. The van der Waals surface area contributed by atoms with Crippen molar-refractivity contribution in [2.24, 2.45) is 0 Å². The lowest BCUT2D eigenvalue weighted by Crippen LogP contribution is -2.04. The first-order chi connectivity index (χ1) is 9.65. The Morgan fingerprint density at radius 1 is 1.35 bits per heavy atom. The van der Waals surface area contributed by atoms with Gasteiger partial charge in [0.1, 0.15) is 0 Å². The topological polar surface area (TPSA) is 99.0 Å². The van der Waals surface area contributed by atoms with Gasteiger partial charge in [-0.2, -0.15) is 0 Å². The summed E-state index contributed by atoms with van der Waals surface area (Å²) in [5, 5.41) is 13.9. The number of nitrogens with one attached hydrogen (secondary N) is 1. The van der Waals surface area contributed by atoms with Crippen LogP contribution >= 0.6 is 0 Å². The lowest BCUT2D eigenvalue weighted by molar-refractivity contribution is -0.384. The van der Waals surface area contributed by atoms with Crippen LogP contribution in [-0.2, 0) is 6.54 Å². The fraction of sp³-hybridized carbons (Fsp3) is 0.308. The number of unbranched alkanes of at least 4 members (excludes halogenated alkanes) is 1. The molecule has 0 spiro atoms. The predicted molar refractivity (Wildman–Crippen MR) is 77.5 cm³/mol. The molecule has 0 amide bonds. The van der Waals surface area contributed by atoms with Gasteiger partial charge in [-0.25, -0.2) is 4.98 Å². The molecule has 1 aromatic heterocycles. The molecule has 1 aromatic carbocycles. The Balaban J connectivity index is 1.77. The van der Waals surface area contributed by atoms with Crippen molar-refractivity contribution in [2.45, 2.75) is 19.4 Å². The average molecular weight is 275 g/mol. The number of benzene rings is 1. The van der Waals surface area contributed by atoms with Gasteiger partial charge in [-0.1, -0.05) is 0 Å². The molecule has 1 heterocycles. The van der Waals surface area contributed by atoms with Gasteiger partial charge < -0.3 is 15.6 Å². The van der Waals surface area contributed by atoms with Gasteiger partial charge in [0.15, 0.2) is 0 Å². The number of nitro groups is 1. The molecule has 0 bridgehead atoms. The molecule has 20 heavy (non-hydrogen) atoms. The fourth-order valence-corrected chi connectivity index (χ4v) is 1.91. The lowest BCUT2D eigenvalue weighted by Gasteiger charge is -2.07. The van der Waals surface area contributed by atoms with E-state index >= 15 is 0 Å². The van der Waals surface area contributed by atoms with E-state index in [0.29, 0.717) is 11.4 Å². The van der Waals surface area contributed by atoms with Crippen molar-refractivity contribution >= 4 is 17.1 Å². The Morgan fingerprint density at radius 2 is 2.20 bits per heavy atom. The largest absolute Gasteiger partial charge is 0.398 e. The van der Waals surface area contributed by atoms with Crippen LogP contribution in [0.25, 0.3) is 0 Å². The van der Waals surface area contributed by atoms with Crippen molar-refractivity contribution in [1.82, 2.24) is 9.55 Å². The maximum Gasteiger partial charge on any atom is 0.273 e. The Kier molecular flexibility index (Phi) is 4.54. The van der Waals surface area contributed by atoms with Crippen LogP contribution in [0.3, 0.4) is 0 Å². The number of nitro benzene ring substituents is 1. The second-order valence-corrected chi connectivity index (χ2v) is 4.50. The quantitative estimate of drug-likeness (QED) is 0.349. The van der Waals surface area contributed by atoms with E-state index in [1.165, 1.54) is 12.1 Å². The molecular weight excluding hydrogens is 258 g/mol. The molecule has 0 aliphatic heterocycles. The van der Waals surface area contributed by atoms with Gasteiger partial charge in [0, 0.05) is 49.0 Å². The van der Waals surface area contributed by atoms with Crippen molar-refractivity contribution in [3.05, 3.63) is 47.0 Å². The van der Waals surface area contributed by atoms with Crippen LogP contribution in [0.15, 0.2) is 36.9 Å². The molecule has 0 radical (unpaired) electrons. The van der Waals surface area contributed by atoms with E-state index in [1.54, 1.807) is 18.6 Å². The van der Waals surface area contributed by atoms with E-state index < -0.39 is 4.92 Å². The van der Waals surface area contributed by atoms with Gasteiger partial charge >= 0.3 is 0 Å². The third kappa shape index (κ3) is 3.98. The number of nitrogens with zero attached hydrogens (tertiary/aromatic N) is 3. The first kappa shape index (κ1) is 13.9. The van der Waals surface area contributed by atoms with E-state index in [9.17, 15) is 10.1 Å². The maximum absolute atomic E-state index is 10.7. The standard InChI is InChI=1S/C13H17N5O2/c14-11-7-12(9-13(8-11)18(19)20)16-3-1-2-5-17-6-4-15-10-17/h4,6-10,16H,1-3,5,14H2. The SMILES string of the molecule is Nc1cc(NCCCCn2ccnc2)cc([N+](=O)[O-])c1. The highest BCUT2D eigenvalue weighted by Gasteiger charge is 2.07. The summed E-state index contributed by atoms with van der Waals surface area (Å²) in [6.45, 7) is 1.66. The summed E-state index contributed by atoms with van der Waals surface area (Å²) in [5.41, 5.74) is 6.71. The third-order valence-electron chi connectivity index (χ3n) is 2.88. The summed E-state index contributed by atoms with van der Waals surface area (Å²) in [7, 11) is 0. The van der Waals surface area contributed by atoms with Gasteiger partial charge in [-0.05, 0) is 18.9 Å². The minimum Gasteiger partial charge on any atom is -0.398 e. The van der Waals surface area contributed by atoms with Crippen LogP contribution in [0.2, 0.25) is 0 Å². The van der Waals surface area contributed by atoms with Gasteiger partial charge in [0.25, 0.3) is 5.69 Å². The molecule has 0 unspecified atom stereocenters. The Hall–Kier alpha value is -2.57. The van der Waals surface area contributed by atoms with Crippen LogP contribution < -0.4 is 11.1 Å². The first-order valence-electron chi connectivity index (χ1n) is 6.40. The van der Waals surface area contributed by atoms with Gasteiger partial charge in [-0.15, -0.1) is 0 Å². The molecule has 0 saturated heterocycles. The minimum absolute atomic E-state index is 0.00548. The zero-order valence-corrected chi connectivity index (χ0v) is 11.0.